The number of ether oxygens (including phenoxy) is 3. The number of para-hydroxylation sites is 1. The molecule has 3 aromatic rings. The average Bonchev–Trinajstić information content (AvgIpc) is 2.82. The zero-order valence-electron chi connectivity index (χ0n) is 18.7. The minimum atomic E-state index is -0.0794. The van der Waals surface area contributed by atoms with Crippen LogP contribution in [0.25, 0.3) is 22.6 Å². The highest BCUT2D eigenvalue weighted by molar-refractivity contribution is 6.09. The Hall–Kier alpha value is -3.38. The van der Waals surface area contributed by atoms with Crippen LogP contribution in [0.5, 0.6) is 11.5 Å². The van der Waals surface area contributed by atoms with Crippen molar-refractivity contribution in [1.29, 1.82) is 0 Å². The van der Waals surface area contributed by atoms with E-state index < -0.39 is 0 Å². The minimum absolute atomic E-state index is 0.0794. The van der Waals surface area contributed by atoms with E-state index in [1.165, 1.54) is 0 Å². The maximum Gasteiger partial charge on any atom is 0.252 e. The molecule has 0 spiro atoms. The number of carbonyl (C=O) groups excluding carboxylic acids is 1. The Morgan fingerprint density at radius 3 is 2.66 bits per heavy atom. The summed E-state index contributed by atoms with van der Waals surface area (Å²) < 4.78 is 15.9. The third-order valence-electron chi connectivity index (χ3n) is 5.74. The van der Waals surface area contributed by atoms with Gasteiger partial charge in [0.25, 0.3) is 5.91 Å². The average molecular weight is 433 g/mol. The second-order valence-electron chi connectivity index (χ2n) is 7.72. The van der Waals surface area contributed by atoms with E-state index in [4.69, 9.17) is 19.2 Å². The van der Waals surface area contributed by atoms with Crippen molar-refractivity contribution >= 4 is 28.5 Å². The number of amides is 1. The van der Waals surface area contributed by atoms with Gasteiger partial charge >= 0.3 is 0 Å². The van der Waals surface area contributed by atoms with Gasteiger partial charge < -0.3 is 19.5 Å². The standard InChI is InChI=1S/C26H28N2O4/c1-30-14-13-27-26(29)24-19-8-4-5-10-21(19)28-25-18(7-6-9-20(24)25)15-17-11-12-22(31-2)23(16-17)32-3/h4-5,8,10-12,15-16H,6-7,9,13-14H2,1-3H3,(H,27,29)/b18-15+. The van der Waals surface area contributed by atoms with E-state index in [9.17, 15) is 4.79 Å². The number of carbonyl (C=O) groups is 1. The summed E-state index contributed by atoms with van der Waals surface area (Å²) in [6.45, 7) is 0.941. The first-order chi connectivity index (χ1) is 15.7. The minimum Gasteiger partial charge on any atom is -0.493 e. The van der Waals surface area contributed by atoms with Gasteiger partial charge in [-0.1, -0.05) is 24.3 Å². The second kappa shape index (κ2) is 9.83. The fraction of sp³-hybridized carbons (Fsp3) is 0.308. The van der Waals surface area contributed by atoms with Gasteiger partial charge in [0.2, 0.25) is 0 Å². The van der Waals surface area contributed by atoms with E-state index in [0.717, 1.165) is 58.1 Å². The first-order valence-corrected chi connectivity index (χ1v) is 10.8. The molecule has 2 aromatic carbocycles. The molecule has 0 unspecified atom stereocenters. The highest BCUT2D eigenvalue weighted by atomic mass is 16.5. The molecule has 6 nitrogen and oxygen atoms in total. The predicted molar refractivity (Wildman–Crippen MR) is 126 cm³/mol. The molecule has 0 radical (unpaired) electrons. The van der Waals surface area contributed by atoms with Gasteiger partial charge in [0, 0.05) is 19.0 Å². The van der Waals surface area contributed by atoms with Crippen molar-refractivity contribution in [2.24, 2.45) is 0 Å². The summed E-state index contributed by atoms with van der Waals surface area (Å²) >= 11 is 0. The molecule has 6 heteroatoms. The zero-order valence-corrected chi connectivity index (χ0v) is 18.7. The molecule has 1 aliphatic carbocycles. The maximum atomic E-state index is 13.2. The van der Waals surface area contributed by atoms with Crippen LogP contribution < -0.4 is 14.8 Å². The summed E-state index contributed by atoms with van der Waals surface area (Å²) in [5.74, 6) is 1.30. The Morgan fingerprint density at radius 1 is 1.06 bits per heavy atom. The van der Waals surface area contributed by atoms with Crippen LogP contribution in [0.2, 0.25) is 0 Å². The van der Waals surface area contributed by atoms with Crippen molar-refractivity contribution in [3.05, 3.63) is 64.8 Å². The number of hydrogen-bond donors (Lipinski definition) is 1. The lowest BCUT2D eigenvalue weighted by Gasteiger charge is -2.23. The first-order valence-electron chi connectivity index (χ1n) is 10.8. The third-order valence-corrected chi connectivity index (χ3v) is 5.74. The molecule has 1 heterocycles. The Kier molecular flexibility index (Phi) is 6.71. The van der Waals surface area contributed by atoms with E-state index >= 15 is 0 Å². The third kappa shape index (κ3) is 4.32. The van der Waals surface area contributed by atoms with E-state index in [1.54, 1.807) is 21.3 Å². The Morgan fingerprint density at radius 2 is 1.88 bits per heavy atom. The van der Waals surface area contributed by atoms with Crippen molar-refractivity contribution in [3.8, 4) is 11.5 Å². The fourth-order valence-corrected chi connectivity index (χ4v) is 4.23. The van der Waals surface area contributed by atoms with Crippen LogP contribution in [-0.2, 0) is 11.2 Å². The summed E-state index contributed by atoms with van der Waals surface area (Å²) in [4.78, 5) is 18.2. The fourth-order valence-electron chi connectivity index (χ4n) is 4.23. The number of fused-ring (bicyclic) bond motifs is 2. The summed E-state index contributed by atoms with van der Waals surface area (Å²) in [5, 5.41) is 3.88. The smallest absolute Gasteiger partial charge is 0.252 e. The molecule has 0 atom stereocenters. The summed E-state index contributed by atoms with van der Waals surface area (Å²) in [6.07, 6.45) is 4.82. The van der Waals surface area contributed by atoms with Crippen LogP contribution >= 0.6 is 0 Å². The van der Waals surface area contributed by atoms with E-state index in [0.29, 0.717) is 24.7 Å². The van der Waals surface area contributed by atoms with Crippen LogP contribution in [0, 0.1) is 0 Å². The van der Waals surface area contributed by atoms with Crippen molar-refractivity contribution in [3.63, 3.8) is 0 Å². The van der Waals surface area contributed by atoms with Crippen LogP contribution in [0.15, 0.2) is 42.5 Å². The molecule has 1 aliphatic rings. The molecule has 166 valence electrons. The molecule has 0 fully saturated rings. The highest BCUT2D eigenvalue weighted by Gasteiger charge is 2.25. The molecule has 0 bridgehead atoms. The quantitative estimate of drug-likeness (QED) is 0.557. The lowest BCUT2D eigenvalue weighted by atomic mass is 9.85. The molecular weight excluding hydrogens is 404 g/mol. The summed E-state index contributed by atoms with van der Waals surface area (Å²) in [6, 6.07) is 13.7. The molecule has 32 heavy (non-hydrogen) atoms. The van der Waals surface area contributed by atoms with Crippen molar-refractivity contribution in [2.75, 3.05) is 34.5 Å². The normalized spacial score (nSPS) is 14.3. The molecule has 0 saturated carbocycles. The first kappa shape index (κ1) is 21.8. The number of methoxy groups -OCH3 is 3. The number of pyridine rings is 1. The van der Waals surface area contributed by atoms with Gasteiger partial charge in [-0.25, -0.2) is 4.98 Å². The van der Waals surface area contributed by atoms with Gasteiger partial charge in [0.1, 0.15) is 0 Å². The molecule has 1 aromatic heterocycles. The second-order valence-corrected chi connectivity index (χ2v) is 7.72. The lowest BCUT2D eigenvalue weighted by Crippen LogP contribution is -2.29. The largest absolute Gasteiger partial charge is 0.493 e. The van der Waals surface area contributed by atoms with Crippen LogP contribution in [-0.4, -0.2) is 45.4 Å². The number of allylic oxidation sites excluding steroid dienone is 1. The summed E-state index contributed by atoms with van der Waals surface area (Å²) in [7, 11) is 4.88. The lowest BCUT2D eigenvalue weighted by molar-refractivity contribution is 0.0937. The monoisotopic (exact) mass is 432 g/mol. The van der Waals surface area contributed by atoms with E-state index in [-0.39, 0.29) is 5.91 Å². The Labute approximate surface area is 188 Å². The number of nitrogens with one attached hydrogen (secondary N) is 1. The van der Waals surface area contributed by atoms with Gasteiger partial charge in [-0.05, 0) is 60.2 Å². The topological polar surface area (TPSA) is 69.7 Å². The predicted octanol–water partition coefficient (Wildman–Crippen LogP) is 4.51. The molecular formula is C26H28N2O4. The van der Waals surface area contributed by atoms with Crippen LogP contribution in [0.3, 0.4) is 0 Å². The molecule has 1 amide bonds. The highest BCUT2D eigenvalue weighted by Crippen LogP contribution is 2.37. The van der Waals surface area contributed by atoms with Crippen LogP contribution in [0.4, 0.5) is 0 Å². The molecule has 0 saturated heterocycles. The van der Waals surface area contributed by atoms with Gasteiger partial charge in [-0.3, -0.25) is 4.79 Å². The Bertz CT molecular complexity index is 1170. The number of hydrogen-bond acceptors (Lipinski definition) is 5. The number of benzene rings is 2. The van der Waals surface area contributed by atoms with Crippen molar-refractivity contribution in [1.82, 2.24) is 10.3 Å². The summed E-state index contributed by atoms with van der Waals surface area (Å²) in [5.41, 5.74) is 5.59. The van der Waals surface area contributed by atoms with Crippen molar-refractivity contribution in [2.45, 2.75) is 19.3 Å². The molecule has 0 aliphatic heterocycles. The number of rotatable bonds is 7. The van der Waals surface area contributed by atoms with Crippen LogP contribution in [0.1, 0.15) is 40.0 Å². The molecule has 4 rings (SSSR count). The van der Waals surface area contributed by atoms with Crippen molar-refractivity contribution < 1.29 is 19.0 Å². The maximum absolute atomic E-state index is 13.2. The van der Waals surface area contributed by atoms with E-state index in [1.807, 2.05) is 42.5 Å². The zero-order chi connectivity index (χ0) is 22.5. The van der Waals surface area contributed by atoms with Gasteiger partial charge in [0.05, 0.1) is 37.6 Å². The van der Waals surface area contributed by atoms with Gasteiger partial charge in [-0.15, -0.1) is 0 Å². The van der Waals surface area contributed by atoms with E-state index in [2.05, 4.69) is 11.4 Å². The number of nitrogens with zero attached hydrogens (tertiary/aromatic N) is 1. The molecule has 1 N–H and O–H groups in total. The van der Waals surface area contributed by atoms with Gasteiger partial charge in [-0.2, -0.15) is 0 Å². The Balaban J connectivity index is 1.82. The SMILES string of the molecule is COCCNC(=O)c1c2c(nc3ccccc13)/C(=C/c1ccc(OC)c(OC)c1)CCC2. The number of aromatic nitrogens is 1. The van der Waals surface area contributed by atoms with Gasteiger partial charge in [0.15, 0.2) is 11.5 Å².